The molecule has 0 heterocycles. The van der Waals surface area contributed by atoms with Gasteiger partial charge in [0.15, 0.2) is 0 Å². The fourth-order valence-electron chi connectivity index (χ4n) is 0.582. The third kappa shape index (κ3) is 26.8. The van der Waals surface area contributed by atoms with Crippen LogP contribution in [0.25, 0.3) is 0 Å². The Bertz CT molecular complexity index is 394. The summed E-state index contributed by atoms with van der Waals surface area (Å²) in [6.45, 7) is 6.58. The second kappa shape index (κ2) is 13.8. The van der Waals surface area contributed by atoms with Gasteiger partial charge in [0, 0.05) is 0 Å². The Hall–Kier alpha value is -0.670. The van der Waals surface area contributed by atoms with E-state index in [-0.39, 0.29) is 56.2 Å². The number of aliphatic carboxylic acids is 1. The van der Waals surface area contributed by atoms with Crippen LogP contribution in [0.5, 0.6) is 0 Å². The van der Waals surface area contributed by atoms with E-state index in [4.69, 9.17) is 9.66 Å². The summed E-state index contributed by atoms with van der Waals surface area (Å²) in [4.78, 5) is 20.5. The first-order valence-electron chi connectivity index (χ1n) is 4.77. The van der Waals surface area contributed by atoms with E-state index < -0.39 is 22.1 Å². The van der Waals surface area contributed by atoms with Gasteiger partial charge in [-0.05, 0) is 0 Å². The quantitative estimate of drug-likeness (QED) is 0.236. The molecular formula is C10H17NaO7S. The van der Waals surface area contributed by atoms with Crippen LogP contribution in [-0.2, 0) is 24.4 Å². The predicted molar refractivity (Wildman–Crippen MR) is 65.8 cm³/mol. The van der Waals surface area contributed by atoms with E-state index >= 15 is 0 Å². The molecule has 19 heavy (non-hydrogen) atoms. The minimum atomic E-state index is -3.79. The Morgan fingerprint density at radius 2 is 1.74 bits per heavy atom. The fourth-order valence-corrected chi connectivity index (χ4v) is 0.880. The number of rotatable bonds is 7. The van der Waals surface area contributed by atoms with E-state index in [0.29, 0.717) is 0 Å². The number of ether oxygens (including phenoxy) is 1. The van der Waals surface area contributed by atoms with Crippen molar-refractivity contribution in [2.24, 2.45) is 0 Å². The van der Waals surface area contributed by atoms with Gasteiger partial charge in [0.05, 0.1) is 18.6 Å². The first-order chi connectivity index (χ1) is 8.22. The molecular weight excluding hydrogens is 287 g/mol. The molecule has 2 N–H and O–H groups in total. The Kier molecular flexibility index (Phi) is 17.0. The molecule has 0 saturated carbocycles. The zero-order valence-electron chi connectivity index (χ0n) is 11.7. The van der Waals surface area contributed by atoms with Crippen molar-refractivity contribution in [1.82, 2.24) is 0 Å². The maximum Gasteiger partial charge on any atom is 1.00 e. The van der Waals surface area contributed by atoms with Crippen molar-refractivity contribution in [3.63, 3.8) is 0 Å². The predicted octanol–water partition coefficient (Wildman–Crippen LogP) is -2.24. The van der Waals surface area contributed by atoms with Crippen LogP contribution in [0.3, 0.4) is 0 Å². The molecule has 7 nitrogen and oxygen atoms in total. The third-order valence-electron chi connectivity index (χ3n) is 1.23. The van der Waals surface area contributed by atoms with Gasteiger partial charge in [-0.1, -0.05) is 18.7 Å². The van der Waals surface area contributed by atoms with Crippen LogP contribution in [0.1, 0.15) is 14.3 Å². The monoisotopic (exact) mass is 304 g/mol. The van der Waals surface area contributed by atoms with Gasteiger partial charge in [-0.2, -0.15) is 8.42 Å². The third-order valence-corrected chi connectivity index (χ3v) is 1.89. The van der Waals surface area contributed by atoms with Crippen molar-refractivity contribution in [3.05, 3.63) is 25.3 Å². The van der Waals surface area contributed by atoms with Crippen LogP contribution in [0.2, 0.25) is 0 Å². The fraction of sp³-hybridized carbons (Fsp3) is 0.400. The summed E-state index contributed by atoms with van der Waals surface area (Å²) in [5.41, 5.74) is 0. The van der Waals surface area contributed by atoms with Gasteiger partial charge in [0.25, 0.3) is 10.1 Å². The Morgan fingerprint density at radius 1 is 1.21 bits per heavy atom. The topological polar surface area (TPSA) is 118 Å². The summed E-state index contributed by atoms with van der Waals surface area (Å²) in [6.07, 6.45) is 2.28. The largest absolute Gasteiger partial charge is 1.00 e. The number of hydrogen-bond acceptors (Lipinski definition) is 5. The molecule has 0 aromatic heterocycles. The summed E-state index contributed by atoms with van der Waals surface area (Å²) in [5.74, 6) is -1.87. The second-order valence-corrected chi connectivity index (χ2v) is 4.40. The Balaban J connectivity index is -0.000000126. The molecule has 0 unspecified atom stereocenters. The summed E-state index contributed by atoms with van der Waals surface area (Å²) < 4.78 is 31.9. The number of hydrogen-bond donors (Lipinski definition) is 2. The SMILES string of the molecule is C=CCOC(=O)CCC(=O)O.C=CCS(=O)(=O)O.[H-].[Na+]. The van der Waals surface area contributed by atoms with E-state index in [9.17, 15) is 18.0 Å². The molecule has 0 amide bonds. The molecule has 0 spiro atoms. The van der Waals surface area contributed by atoms with Crippen LogP contribution in [0.4, 0.5) is 0 Å². The van der Waals surface area contributed by atoms with Gasteiger partial charge in [0.1, 0.15) is 6.61 Å². The number of esters is 1. The molecule has 0 atom stereocenters. The number of carbonyl (C=O) groups excluding carboxylic acids is 1. The van der Waals surface area contributed by atoms with Crippen molar-refractivity contribution in [3.8, 4) is 0 Å². The molecule has 0 fully saturated rings. The first-order valence-corrected chi connectivity index (χ1v) is 6.38. The molecule has 0 aliphatic heterocycles. The maximum absolute atomic E-state index is 10.6. The van der Waals surface area contributed by atoms with Gasteiger partial charge < -0.3 is 11.3 Å². The molecule has 0 aromatic carbocycles. The molecule has 0 radical (unpaired) electrons. The molecule has 0 rings (SSSR count). The molecule has 106 valence electrons. The van der Waals surface area contributed by atoms with Gasteiger partial charge >= 0.3 is 41.5 Å². The number of carboxylic acid groups (broad SMARTS) is 1. The van der Waals surface area contributed by atoms with Crippen molar-refractivity contribution >= 4 is 22.1 Å². The van der Waals surface area contributed by atoms with Crippen molar-refractivity contribution in [2.45, 2.75) is 12.8 Å². The number of carboxylic acids is 1. The van der Waals surface area contributed by atoms with Crippen LogP contribution >= 0.6 is 0 Å². The average Bonchev–Trinajstić information content (AvgIpc) is 2.22. The standard InChI is InChI=1S/C7H10O4.C3H6O3S.Na.H/c1-2-5-11-7(10)4-3-6(8)9;1-2-3-7(4,5)6;;/h2H,1,3-5H2,(H,8,9);2H,1,3H2,(H,4,5,6);;/q;;+1;-1. The zero-order chi connectivity index (χ0) is 14.6. The normalized spacial score (nSPS) is 9.11. The van der Waals surface area contributed by atoms with Gasteiger partial charge in [0.2, 0.25) is 0 Å². The summed E-state index contributed by atoms with van der Waals surface area (Å²) in [6, 6.07) is 0. The van der Waals surface area contributed by atoms with Crippen LogP contribution in [-0.4, -0.2) is 42.4 Å². The molecule has 0 bridgehead atoms. The summed E-state index contributed by atoms with van der Waals surface area (Å²) in [5, 5.41) is 8.16. The smallest absolute Gasteiger partial charge is 1.00 e. The Morgan fingerprint density at radius 3 is 2.00 bits per heavy atom. The first kappa shape index (κ1) is 23.4. The van der Waals surface area contributed by atoms with Crippen LogP contribution < -0.4 is 29.6 Å². The molecule has 9 heteroatoms. The van der Waals surface area contributed by atoms with E-state index in [1.807, 2.05) is 0 Å². The van der Waals surface area contributed by atoms with E-state index in [1.54, 1.807) is 0 Å². The average molecular weight is 304 g/mol. The van der Waals surface area contributed by atoms with Crippen LogP contribution in [0.15, 0.2) is 25.3 Å². The van der Waals surface area contributed by atoms with Crippen molar-refractivity contribution in [1.29, 1.82) is 0 Å². The van der Waals surface area contributed by atoms with Gasteiger partial charge in [-0.15, -0.1) is 6.58 Å². The van der Waals surface area contributed by atoms with Crippen LogP contribution in [0, 0.1) is 0 Å². The summed E-state index contributed by atoms with van der Waals surface area (Å²) in [7, 11) is -3.79. The van der Waals surface area contributed by atoms with E-state index in [2.05, 4.69) is 17.9 Å². The number of carbonyl (C=O) groups is 2. The zero-order valence-corrected chi connectivity index (χ0v) is 13.6. The van der Waals surface area contributed by atoms with Gasteiger partial charge in [-0.3, -0.25) is 14.1 Å². The minimum Gasteiger partial charge on any atom is -1.00 e. The molecule has 0 aromatic rings. The second-order valence-electron chi connectivity index (χ2n) is 2.90. The summed E-state index contributed by atoms with van der Waals surface area (Å²) >= 11 is 0. The molecule has 0 saturated heterocycles. The minimum absolute atomic E-state index is 0. The van der Waals surface area contributed by atoms with E-state index in [0.717, 1.165) is 6.08 Å². The van der Waals surface area contributed by atoms with Gasteiger partial charge in [-0.25, -0.2) is 0 Å². The maximum atomic E-state index is 10.6. The molecule has 0 aliphatic rings. The Labute approximate surface area is 135 Å². The van der Waals surface area contributed by atoms with E-state index in [1.165, 1.54) is 6.08 Å². The van der Waals surface area contributed by atoms with Crippen molar-refractivity contribution in [2.75, 3.05) is 12.4 Å². The molecule has 0 aliphatic carbocycles. The van der Waals surface area contributed by atoms with Crippen molar-refractivity contribution < 1.29 is 63.4 Å².